The first-order chi connectivity index (χ1) is 10.4. The Morgan fingerprint density at radius 1 is 1.36 bits per heavy atom. The van der Waals surface area contributed by atoms with E-state index in [1.165, 1.54) is 11.5 Å². The third kappa shape index (κ3) is 2.94. The minimum Gasteiger partial charge on any atom is -0.326 e. The van der Waals surface area contributed by atoms with Gasteiger partial charge in [0.1, 0.15) is 0 Å². The van der Waals surface area contributed by atoms with Gasteiger partial charge in [-0.25, -0.2) is 8.42 Å². The number of aromatic nitrogens is 2. The van der Waals surface area contributed by atoms with Crippen molar-refractivity contribution < 1.29 is 13.2 Å². The highest BCUT2D eigenvalue weighted by Gasteiger charge is 2.21. The zero-order valence-electron chi connectivity index (χ0n) is 12.0. The third-order valence-electron chi connectivity index (χ3n) is 3.36. The zero-order valence-corrected chi connectivity index (χ0v) is 12.8. The van der Waals surface area contributed by atoms with E-state index in [0.717, 1.165) is 5.56 Å². The van der Waals surface area contributed by atoms with Crippen LogP contribution in [0, 0.1) is 6.92 Å². The molecule has 0 saturated carbocycles. The molecule has 0 spiro atoms. The van der Waals surface area contributed by atoms with Gasteiger partial charge in [0.05, 0.1) is 11.1 Å². The van der Waals surface area contributed by atoms with Crippen LogP contribution in [0.15, 0.2) is 40.9 Å². The van der Waals surface area contributed by atoms with E-state index in [4.69, 9.17) is 0 Å². The van der Waals surface area contributed by atoms with E-state index in [-0.39, 0.29) is 17.2 Å². The lowest BCUT2D eigenvalue weighted by atomic mass is 10.2. The largest absolute Gasteiger partial charge is 0.326 e. The van der Waals surface area contributed by atoms with Gasteiger partial charge >= 0.3 is 0 Å². The average Bonchev–Trinajstić information content (AvgIpc) is 3.01. The van der Waals surface area contributed by atoms with Crippen molar-refractivity contribution in [2.75, 3.05) is 5.32 Å². The van der Waals surface area contributed by atoms with Gasteiger partial charge in [-0.05, 0) is 36.3 Å². The lowest BCUT2D eigenvalue weighted by Crippen LogP contribution is -2.15. The van der Waals surface area contributed by atoms with Crippen LogP contribution in [-0.4, -0.2) is 24.1 Å². The van der Waals surface area contributed by atoms with E-state index in [9.17, 15) is 13.2 Å². The molecule has 2 aromatic rings. The molecular formula is C15H15N3O3S. The van der Waals surface area contributed by atoms with E-state index in [1.807, 2.05) is 13.1 Å². The number of fused-ring (bicyclic) bond motifs is 1. The predicted molar refractivity (Wildman–Crippen MR) is 82.9 cm³/mol. The van der Waals surface area contributed by atoms with Crippen molar-refractivity contribution in [1.29, 1.82) is 0 Å². The first-order valence-corrected chi connectivity index (χ1v) is 8.35. The van der Waals surface area contributed by atoms with Crippen LogP contribution in [0.2, 0.25) is 0 Å². The number of nitrogens with one attached hydrogen (secondary N) is 1. The van der Waals surface area contributed by atoms with E-state index in [0.29, 0.717) is 17.8 Å². The van der Waals surface area contributed by atoms with Gasteiger partial charge in [0.15, 0.2) is 0 Å². The van der Waals surface area contributed by atoms with E-state index < -0.39 is 9.84 Å². The Balaban J connectivity index is 1.65. The number of rotatable bonds is 4. The Hall–Kier alpha value is -2.41. The van der Waals surface area contributed by atoms with E-state index in [1.54, 1.807) is 29.1 Å². The maximum atomic E-state index is 11.9. The van der Waals surface area contributed by atoms with Gasteiger partial charge < -0.3 is 5.32 Å². The quantitative estimate of drug-likeness (QED) is 0.935. The molecule has 7 heteroatoms. The molecule has 1 aromatic carbocycles. The van der Waals surface area contributed by atoms with Crippen molar-refractivity contribution in [1.82, 2.24) is 9.78 Å². The van der Waals surface area contributed by atoms with Gasteiger partial charge in [0.25, 0.3) is 0 Å². The second-order valence-corrected chi connectivity index (χ2v) is 6.98. The first kappa shape index (κ1) is 14.5. The van der Waals surface area contributed by atoms with Crippen molar-refractivity contribution in [3.05, 3.63) is 47.1 Å². The van der Waals surface area contributed by atoms with Gasteiger partial charge in [0, 0.05) is 30.3 Å². The van der Waals surface area contributed by atoms with Crippen molar-refractivity contribution in [2.24, 2.45) is 0 Å². The summed E-state index contributed by atoms with van der Waals surface area (Å²) in [4.78, 5) is 12.2. The van der Waals surface area contributed by atoms with Crippen LogP contribution in [0.5, 0.6) is 0 Å². The Bertz CT molecular complexity index is 866. The minimum absolute atomic E-state index is 0.184. The number of carbonyl (C=O) groups excluding carboxylic acids is 1. The number of benzene rings is 1. The molecule has 0 unspecified atom stereocenters. The first-order valence-electron chi connectivity index (χ1n) is 6.80. The molecule has 114 valence electrons. The highest BCUT2D eigenvalue weighted by Crippen LogP contribution is 2.29. The Morgan fingerprint density at radius 2 is 2.18 bits per heavy atom. The number of carbonyl (C=O) groups is 1. The number of hydrogen-bond donors (Lipinski definition) is 1. The molecule has 1 aliphatic rings. The van der Waals surface area contributed by atoms with Crippen molar-refractivity contribution in [3.8, 4) is 0 Å². The summed E-state index contributed by atoms with van der Waals surface area (Å²) in [6, 6.07) is 4.86. The molecule has 6 nitrogen and oxygen atoms in total. The smallest absolute Gasteiger partial charge is 0.226 e. The fourth-order valence-corrected chi connectivity index (χ4v) is 3.49. The normalized spacial score (nSPS) is 14.8. The fourth-order valence-electron chi connectivity index (χ4n) is 2.26. The number of amides is 1. The molecule has 0 radical (unpaired) electrons. The zero-order chi connectivity index (χ0) is 15.7. The Labute approximate surface area is 128 Å². The summed E-state index contributed by atoms with van der Waals surface area (Å²) >= 11 is 0. The van der Waals surface area contributed by atoms with Crippen molar-refractivity contribution in [2.45, 2.75) is 24.8 Å². The second kappa shape index (κ2) is 5.42. The highest BCUT2D eigenvalue weighted by atomic mass is 32.2. The maximum Gasteiger partial charge on any atom is 0.226 e. The standard InChI is InChI=1S/C15H15N3O3S/c1-11-9-16-18(10-11)6-4-15(19)17-13-3-2-12-5-7-22(20,21)14(12)8-13/h2-3,5,7-10H,4,6H2,1H3,(H,17,19). The Morgan fingerprint density at radius 3 is 2.91 bits per heavy atom. The monoisotopic (exact) mass is 317 g/mol. The molecule has 0 fully saturated rings. The van der Waals surface area contributed by atoms with Crippen LogP contribution in [-0.2, 0) is 21.2 Å². The van der Waals surface area contributed by atoms with Crippen LogP contribution in [0.1, 0.15) is 17.5 Å². The van der Waals surface area contributed by atoms with E-state index in [2.05, 4.69) is 10.4 Å². The second-order valence-electron chi connectivity index (χ2n) is 5.18. The summed E-state index contributed by atoms with van der Waals surface area (Å²) in [5.41, 5.74) is 2.16. The lowest BCUT2D eigenvalue weighted by molar-refractivity contribution is -0.116. The number of aryl methyl sites for hydroxylation is 2. The summed E-state index contributed by atoms with van der Waals surface area (Å²) in [7, 11) is -3.36. The lowest BCUT2D eigenvalue weighted by Gasteiger charge is -2.07. The van der Waals surface area contributed by atoms with E-state index >= 15 is 0 Å². The molecule has 0 atom stereocenters. The molecule has 0 bridgehead atoms. The molecule has 3 rings (SSSR count). The van der Waals surface area contributed by atoms with Gasteiger partial charge in [-0.2, -0.15) is 5.10 Å². The summed E-state index contributed by atoms with van der Waals surface area (Å²) in [6.45, 7) is 2.41. The van der Waals surface area contributed by atoms with Gasteiger partial charge in [-0.1, -0.05) is 6.07 Å². The SMILES string of the molecule is Cc1cnn(CCC(=O)Nc2ccc3c(c2)S(=O)(=O)C=C3)c1. The van der Waals surface area contributed by atoms with Crippen molar-refractivity contribution in [3.63, 3.8) is 0 Å². The molecular weight excluding hydrogens is 302 g/mol. The number of sulfone groups is 1. The highest BCUT2D eigenvalue weighted by molar-refractivity contribution is 7.94. The predicted octanol–water partition coefficient (Wildman–Crippen LogP) is 1.98. The molecule has 1 aromatic heterocycles. The van der Waals surface area contributed by atoms with Crippen molar-refractivity contribution >= 4 is 27.5 Å². The maximum absolute atomic E-state index is 11.9. The van der Waals surface area contributed by atoms with Crippen LogP contribution in [0.4, 0.5) is 5.69 Å². The summed E-state index contributed by atoms with van der Waals surface area (Å²) in [5, 5.41) is 7.99. The Kier molecular flexibility index (Phi) is 3.58. The molecule has 1 N–H and O–H groups in total. The molecule has 1 aliphatic heterocycles. The minimum atomic E-state index is -3.36. The summed E-state index contributed by atoms with van der Waals surface area (Å²) in [6.07, 6.45) is 5.41. The van der Waals surface area contributed by atoms with Gasteiger partial charge in [0.2, 0.25) is 15.7 Å². The van der Waals surface area contributed by atoms with Crippen LogP contribution >= 0.6 is 0 Å². The number of nitrogens with zero attached hydrogens (tertiary/aromatic N) is 2. The van der Waals surface area contributed by atoms with Gasteiger partial charge in [-0.3, -0.25) is 9.48 Å². The number of hydrogen-bond acceptors (Lipinski definition) is 4. The number of anilines is 1. The molecule has 1 amide bonds. The fraction of sp³-hybridized carbons (Fsp3) is 0.200. The third-order valence-corrected chi connectivity index (χ3v) is 4.82. The van der Waals surface area contributed by atoms with Gasteiger partial charge in [-0.15, -0.1) is 0 Å². The van der Waals surface area contributed by atoms with Crippen LogP contribution < -0.4 is 5.32 Å². The molecule has 0 saturated heterocycles. The van der Waals surface area contributed by atoms with Crippen LogP contribution in [0.3, 0.4) is 0 Å². The summed E-state index contributed by atoms with van der Waals surface area (Å²) in [5.74, 6) is -0.184. The molecule has 2 heterocycles. The van der Waals surface area contributed by atoms with Crippen LogP contribution in [0.25, 0.3) is 6.08 Å². The average molecular weight is 317 g/mol. The molecule has 22 heavy (non-hydrogen) atoms. The summed E-state index contributed by atoms with van der Waals surface area (Å²) < 4.78 is 25.3. The topological polar surface area (TPSA) is 81.1 Å². The molecule has 0 aliphatic carbocycles.